The lowest BCUT2D eigenvalue weighted by molar-refractivity contribution is 0.0994. The van der Waals surface area contributed by atoms with E-state index in [0.29, 0.717) is 18.8 Å². The fourth-order valence-electron chi connectivity index (χ4n) is 2.62. The van der Waals surface area contributed by atoms with Gasteiger partial charge in [0.1, 0.15) is 23.9 Å². The third-order valence-corrected chi connectivity index (χ3v) is 3.82. The summed E-state index contributed by atoms with van der Waals surface area (Å²) < 4.78 is 16.3. The van der Waals surface area contributed by atoms with E-state index in [4.69, 9.17) is 14.2 Å². The molecule has 0 aliphatic heterocycles. The standard InChI is InChI=1S/C18H18O4/c1-20-15-7-12(8-16(9-15)21-2)11-22-14-5-3-13-4-6-18(19)17(13)10-14/h3,5,7-10H,4,6,11H2,1-2H3. The summed E-state index contributed by atoms with van der Waals surface area (Å²) in [6.07, 6.45) is 1.44. The van der Waals surface area contributed by atoms with Crippen molar-refractivity contribution in [2.24, 2.45) is 0 Å². The second-order valence-corrected chi connectivity index (χ2v) is 5.25. The summed E-state index contributed by atoms with van der Waals surface area (Å²) in [6.45, 7) is 0.389. The van der Waals surface area contributed by atoms with E-state index in [1.165, 1.54) is 0 Å². The SMILES string of the molecule is COc1cc(COc2ccc3c(c2)C(=O)CC3)cc(OC)c1. The number of aryl methyl sites for hydroxylation is 1. The summed E-state index contributed by atoms with van der Waals surface area (Å²) in [5.41, 5.74) is 2.85. The zero-order chi connectivity index (χ0) is 15.5. The van der Waals surface area contributed by atoms with Gasteiger partial charge in [0.25, 0.3) is 0 Å². The summed E-state index contributed by atoms with van der Waals surface area (Å²) in [6, 6.07) is 11.3. The van der Waals surface area contributed by atoms with Crippen LogP contribution in [0.5, 0.6) is 17.2 Å². The van der Waals surface area contributed by atoms with Crippen LogP contribution in [0.15, 0.2) is 36.4 Å². The zero-order valence-corrected chi connectivity index (χ0v) is 12.7. The number of methoxy groups -OCH3 is 2. The van der Waals surface area contributed by atoms with E-state index in [1.54, 1.807) is 14.2 Å². The van der Waals surface area contributed by atoms with Crippen molar-refractivity contribution in [1.82, 2.24) is 0 Å². The molecule has 0 aromatic heterocycles. The normalized spacial score (nSPS) is 12.9. The Hall–Kier alpha value is -2.49. The summed E-state index contributed by atoms with van der Waals surface area (Å²) in [5.74, 6) is 2.35. The predicted octanol–water partition coefficient (Wildman–Crippen LogP) is 3.41. The van der Waals surface area contributed by atoms with Gasteiger partial charge in [0.05, 0.1) is 14.2 Å². The van der Waals surface area contributed by atoms with E-state index in [0.717, 1.165) is 34.6 Å². The van der Waals surface area contributed by atoms with E-state index in [2.05, 4.69) is 0 Å². The Bertz CT molecular complexity index is 684. The number of Topliss-reactive ketones (excluding diaryl/α,β-unsaturated/α-hetero) is 1. The fourth-order valence-corrected chi connectivity index (χ4v) is 2.62. The third kappa shape index (κ3) is 2.91. The summed E-state index contributed by atoms with van der Waals surface area (Å²) in [7, 11) is 3.23. The van der Waals surface area contributed by atoms with E-state index in [1.807, 2.05) is 36.4 Å². The van der Waals surface area contributed by atoms with Crippen molar-refractivity contribution < 1.29 is 19.0 Å². The first-order valence-corrected chi connectivity index (χ1v) is 7.20. The molecule has 1 aliphatic carbocycles. The molecule has 0 heterocycles. The molecular weight excluding hydrogens is 280 g/mol. The Morgan fingerprint density at radius 3 is 2.32 bits per heavy atom. The molecule has 0 amide bonds. The first-order valence-electron chi connectivity index (χ1n) is 7.20. The van der Waals surface area contributed by atoms with Gasteiger partial charge in [0, 0.05) is 18.1 Å². The zero-order valence-electron chi connectivity index (χ0n) is 12.7. The molecule has 0 saturated heterocycles. The van der Waals surface area contributed by atoms with Crippen molar-refractivity contribution in [2.75, 3.05) is 14.2 Å². The van der Waals surface area contributed by atoms with Crippen molar-refractivity contribution in [3.63, 3.8) is 0 Å². The topological polar surface area (TPSA) is 44.8 Å². The molecule has 0 atom stereocenters. The van der Waals surface area contributed by atoms with Crippen LogP contribution in [-0.2, 0) is 13.0 Å². The molecule has 0 N–H and O–H groups in total. The van der Waals surface area contributed by atoms with Crippen molar-refractivity contribution in [2.45, 2.75) is 19.4 Å². The number of hydrogen-bond acceptors (Lipinski definition) is 4. The number of carbonyl (C=O) groups excluding carboxylic acids is 1. The largest absolute Gasteiger partial charge is 0.497 e. The van der Waals surface area contributed by atoms with E-state index >= 15 is 0 Å². The maximum absolute atomic E-state index is 11.8. The van der Waals surface area contributed by atoms with Gasteiger partial charge < -0.3 is 14.2 Å². The minimum atomic E-state index is 0.198. The number of hydrogen-bond donors (Lipinski definition) is 0. The smallest absolute Gasteiger partial charge is 0.163 e. The Balaban J connectivity index is 1.75. The van der Waals surface area contributed by atoms with Crippen LogP contribution in [0.4, 0.5) is 0 Å². The average molecular weight is 298 g/mol. The van der Waals surface area contributed by atoms with E-state index < -0.39 is 0 Å². The highest BCUT2D eigenvalue weighted by Crippen LogP contribution is 2.27. The molecule has 2 aromatic carbocycles. The van der Waals surface area contributed by atoms with Crippen LogP contribution in [-0.4, -0.2) is 20.0 Å². The minimum absolute atomic E-state index is 0.198. The quantitative estimate of drug-likeness (QED) is 0.848. The lowest BCUT2D eigenvalue weighted by Crippen LogP contribution is -1.99. The van der Waals surface area contributed by atoms with Gasteiger partial charge in [-0.05, 0) is 41.8 Å². The van der Waals surface area contributed by atoms with E-state index in [-0.39, 0.29) is 5.78 Å². The summed E-state index contributed by atoms with van der Waals surface area (Å²) in [5, 5.41) is 0. The lowest BCUT2D eigenvalue weighted by atomic mass is 10.1. The molecule has 0 radical (unpaired) electrons. The van der Waals surface area contributed by atoms with Crippen LogP contribution in [0.2, 0.25) is 0 Å². The number of rotatable bonds is 5. The van der Waals surface area contributed by atoms with Gasteiger partial charge in [-0.2, -0.15) is 0 Å². The molecule has 2 aromatic rings. The predicted molar refractivity (Wildman–Crippen MR) is 83.0 cm³/mol. The summed E-state index contributed by atoms with van der Waals surface area (Å²) >= 11 is 0. The first kappa shape index (κ1) is 14.4. The first-order chi connectivity index (χ1) is 10.7. The number of ketones is 1. The van der Waals surface area contributed by atoms with Gasteiger partial charge in [-0.25, -0.2) is 0 Å². The van der Waals surface area contributed by atoms with Gasteiger partial charge in [-0.15, -0.1) is 0 Å². The van der Waals surface area contributed by atoms with Crippen LogP contribution < -0.4 is 14.2 Å². The van der Waals surface area contributed by atoms with Crippen molar-refractivity contribution in [1.29, 1.82) is 0 Å². The lowest BCUT2D eigenvalue weighted by Gasteiger charge is -2.11. The number of benzene rings is 2. The molecule has 114 valence electrons. The number of ether oxygens (including phenoxy) is 3. The van der Waals surface area contributed by atoms with Crippen LogP contribution in [0.1, 0.15) is 27.9 Å². The van der Waals surface area contributed by atoms with Crippen molar-refractivity contribution >= 4 is 5.78 Å². The van der Waals surface area contributed by atoms with Gasteiger partial charge >= 0.3 is 0 Å². The Labute approximate surface area is 129 Å². The molecule has 1 aliphatic rings. The molecular formula is C18H18O4. The minimum Gasteiger partial charge on any atom is -0.497 e. The Kier molecular flexibility index (Phi) is 4.00. The highest BCUT2D eigenvalue weighted by Gasteiger charge is 2.19. The molecule has 0 unspecified atom stereocenters. The van der Waals surface area contributed by atoms with Crippen LogP contribution >= 0.6 is 0 Å². The third-order valence-electron chi connectivity index (χ3n) is 3.82. The average Bonchev–Trinajstić information content (AvgIpc) is 2.93. The van der Waals surface area contributed by atoms with Crippen LogP contribution in [0.3, 0.4) is 0 Å². The Morgan fingerprint density at radius 2 is 1.64 bits per heavy atom. The summed E-state index contributed by atoms with van der Waals surface area (Å²) in [4.78, 5) is 11.8. The maximum atomic E-state index is 11.8. The molecule has 3 rings (SSSR count). The van der Waals surface area contributed by atoms with Gasteiger partial charge in [-0.1, -0.05) is 6.07 Å². The fraction of sp³-hybridized carbons (Fsp3) is 0.278. The second kappa shape index (κ2) is 6.10. The second-order valence-electron chi connectivity index (χ2n) is 5.25. The van der Waals surface area contributed by atoms with Crippen molar-refractivity contribution in [3.8, 4) is 17.2 Å². The molecule has 4 heteroatoms. The number of carbonyl (C=O) groups is 1. The number of fused-ring (bicyclic) bond motifs is 1. The molecule has 0 saturated carbocycles. The Morgan fingerprint density at radius 1 is 0.909 bits per heavy atom. The maximum Gasteiger partial charge on any atom is 0.163 e. The van der Waals surface area contributed by atoms with Gasteiger partial charge in [0.2, 0.25) is 0 Å². The molecule has 0 spiro atoms. The molecule has 22 heavy (non-hydrogen) atoms. The molecule has 4 nitrogen and oxygen atoms in total. The van der Waals surface area contributed by atoms with Gasteiger partial charge in [-0.3, -0.25) is 4.79 Å². The van der Waals surface area contributed by atoms with Crippen LogP contribution in [0.25, 0.3) is 0 Å². The van der Waals surface area contributed by atoms with Gasteiger partial charge in [0.15, 0.2) is 5.78 Å². The van der Waals surface area contributed by atoms with Crippen molar-refractivity contribution in [3.05, 3.63) is 53.1 Å². The van der Waals surface area contributed by atoms with E-state index in [9.17, 15) is 4.79 Å². The monoisotopic (exact) mass is 298 g/mol. The molecule has 0 fully saturated rings. The highest BCUT2D eigenvalue weighted by molar-refractivity contribution is 6.00. The highest BCUT2D eigenvalue weighted by atomic mass is 16.5. The van der Waals surface area contributed by atoms with Crippen LogP contribution in [0, 0.1) is 0 Å². The molecule has 0 bridgehead atoms.